The molecular weight excluding hydrogens is 330 g/mol. The lowest BCUT2D eigenvalue weighted by atomic mass is 9.90. The molecule has 4 heteroatoms. The summed E-state index contributed by atoms with van der Waals surface area (Å²) in [5.74, 6) is 0.244. The van der Waals surface area contributed by atoms with Crippen LogP contribution < -0.4 is 5.73 Å². The molecule has 0 unspecified atom stereocenters. The van der Waals surface area contributed by atoms with E-state index in [0.29, 0.717) is 10.6 Å². The van der Waals surface area contributed by atoms with Crippen molar-refractivity contribution in [1.29, 1.82) is 5.26 Å². The van der Waals surface area contributed by atoms with E-state index in [1.807, 2.05) is 50.2 Å². The predicted octanol–water partition coefficient (Wildman–Crippen LogP) is 5.45. The van der Waals surface area contributed by atoms with Gasteiger partial charge in [0.2, 0.25) is 0 Å². The second kappa shape index (κ2) is 6.58. The van der Waals surface area contributed by atoms with Gasteiger partial charge in [-0.1, -0.05) is 47.5 Å². The average molecular weight is 348 g/mol. The summed E-state index contributed by atoms with van der Waals surface area (Å²) in [5.41, 5.74) is 13.3. The maximum Gasteiger partial charge on any atom is 0.142 e. The van der Waals surface area contributed by atoms with Crippen molar-refractivity contribution in [1.82, 2.24) is 4.98 Å². The molecule has 0 aliphatic heterocycles. The van der Waals surface area contributed by atoms with Crippen molar-refractivity contribution in [3.05, 3.63) is 69.7 Å². The van der Waals surface area contributed by atoms with Crippen LogP contribution in [0.2, 0.25) is 5.02 Å². The highest BCUT2D eigenvalue weighted by molar-refractivity contribution is 6.30. The Hall–Kier alpha value is -2.83. The van der Waals surface area contributed by atoms with E-state index in [1.165, 1.54) is 5.56 Å². The molecule has 25 heavy (non-hydrogen) atoms. The van der Waals surface area contributed by atoms with Crippen molar-refractivity contribution in [3.8, 4) is 28.5 Å². The fourth-order valence-corrected chi connectivity index (χ4v) is 3.25. The van der Waals surface area contributed by atoms with E-state index in [2.05, 4.69) is 24.0 Å². The number of hydrogen-bond acceptors (Lipinski definition) is 3. The first-order chi connectivity index (χ1) is 11.9. The fraction of sp³-hybridized carbons (Fsp3) is 0.143. The number of nitriles is 1. The van der Waals surface area contributed by atoms with Crippen LogP contribution in [0.25, 0.3) is 22.4 Å². The molecule has 0 aliphatic rings. The molecule has 0 amide bonds. The van der Waals surface area contributed by atoms with Crippen molar-refractivity contribution >= 4 is 17.4 Å². The molecule has 0 aliphatic carbocycles. The number of aromatic nitrogens is 1. The van der Waals surface area contributed by atoms with Gasteiger partial charge >= 0.3 is 0 Å². The molecule has 0 radical (unpaired) electrons. The number of nitrogens with zero attached hydrogens (tertiary/aromatic N) is 2. The van der Waals surface area contributed by atoms with Gasteiger partial charge in [-0.25, -0.2) is 4.98 Å². The molecule has 0 bridgehead atoms. The smallest absolute Gasteiger partial charge is 0.142 e. The Morgan fingerprint density at radius 1 is 1.04 bits per heavy atom. The Bertz CT molecular complexity index is 999. The quantitative estimate of drug-likeness (QED) is 0.670. The van der Waals surface area contributed by atoms with Crippen LogP contribution >= 0.6 is 11.6 Å². The topological polar surface area (TPSA) is 62.7 Å². The summed E-state index contributed by atoms with van der Waals surface area (Å²) < 4.78 is 0. The number of rotatable bonds is 2. The summed E-state index contributed by atoms with van der Waals surface area (Å²) in [6.45, 7) is 6.07. The molecule has 3 rings (SSSR count). The molecule has 2 N–H and O–H groups in total. The highest BCUT2D eigenvalue weighted by Gasteiger charge is 2.19. The fourth-order valence-electron chi connectivity index (χ4n) is 3.13. The standard InChI is InChI=1S/C21H18ClN3/c1-12-4-9-17(13(2)10-12)19-14(3)20(25-21(24)18(19)11-23)15-5-7-16(22)8-6-15/h4-10H,1-3H3,(H2,24,25). The zero-order valence-electron chi connectivity index (χ0n) is 14.4. The van der Waals surface area contributed by atoms with Crippen LogP contribution in [0.15, 0.2) is 42.5 Å². The van der Waals surface area contributed by atoms with Gasteiger partial charge in [0.25, 0.3) is 0 Å². The molecule has 1 aromatic heterocycles. The summed E-state index contributed by atoms with van der Waals surface area (Å²) in [7, 11) is 0. The largest absolute Gasteiger partial charge is 0.383 e. The number of nitrogen functional groups attached to an aromatic ring is 1. The molecule has 3 nitrogen and oxygen atoms in total. The van der Waals surface area contributed by atoms with Crippen LogP contribution in [0.1, 0.15) is 22.3 Å². The molecule has 0 fully saturated rings. The Morgan fingerprint density at radius 2 is 1.72 bits per heavy atom. The first-order valence-electron chi connectivity index (χ1n) is 7.96. The van der Waals surface area contributed by atoms with Crippen molar-refractivity contribution in [2.24, 2.45) is 0 Å². The predicted molar refractivity (Wildman–Crippen MR) is 103 cm³/mol. The molecular formula is C21H18ClN3. The van der Waals surface area contributed by atoms with Crippen LogP contribution in [0.4, 0.5) is 5.82 Å². The van der Waals surface area contributed by atoms with Crippen LogP contribution in [0.3, 0.4) is 0 Å². The molecule has 0 saturated carbocycles. The summed E-state index contributed by atoms with van der Waals surface area (Å²) in [6.07, 6.45) is 0. The molecule has 1 heterocycles. The van der Waals surface area contributed by atoms with Crippen LogP contribution in [-0.2, 0) is 0 Å². The van der Waals surface area contributed by atoms with Gasteiger partial charge in [0.05, 0.1) is 5.69 Å². The van der Waals surface area contributed by atoms with Gasteiger partial charge in [0.1, 0.15) is 17.5 Å². The summed E-state index contributed by atoms with van der Waals surface area (Å²) >= 11 is 5.99. The first kappa shape index (κ1) is 17.0. The Morgan fingerprint density at radius 3 is 2.32 bits per heavy atom. The van der Waals surface area contributed by atoms with E-state index < -0.39 is 0 Å². The van der Waals surface area contributed by atoms with Crippen LogP contribution in [0.5, 0.6) is 0 Å². The number of hydrogen-bond donors (Lipinski definition) is 1. The minimum absolute atomic E-state index is 0.244. The number of aryl methyl sites for hydroxylation is 2. The van der Waals surface area contributed by atoms with E-state index in [1.54, 1.807) is 0 Å². The van der Waals surface area contributed by atoms with E-state index >= 15 is 0 Å². The van der Waals surface area contributed by atoms with E-state index in [-0.39, 0.29) is 5.82 Å². The first-order valence-corrected chi connectivity index (χ1v) is 8.34. The monoisotopic (exact) mass is 347 g/mol. The molecule has 0 saturated heterocycles. The normalized spacial score (nSPS) is 10.5. The molecule has 124 valence electrons. The Balaban J connectivity index is 2.34. The number of benzene rings is 2. The second-order valence-electron chi connectivity index (χ2n) is 6.16. The number of pyridine rings is 1. The maximum atomic E-state index is 9.64. The Labute approximate surface area is 152 Å². The third-order valence-electron chi connectivity index (χ3n) is 4.35. The van der Waals surface area contributed by atoms with Crippen molar-refractivity contribution < 1.29 is 0 Å². The molecule has 0 spiro atoms. The van der Waals surface area contributed by atoms with Gasteiger partial charge in [-0.2, -0.15) is 5.26 Å². The molecule has 0 atom stereocenters. The van der Waals surface area contributed by atoms with Gasteiger partial charge in [-0.15, -0.1) is 0 Å². The minimum Gasteiger partial charge on any atom is -0.383 e. The van der Waals surface area contributed by atoms with Gasteiger partial charge in [0.15, 0.2) is 0 Å². The van der Waals surface area contributed by atoms with Crippen molar-refractivity contribution in [3.63, 3.8) is 0 Å². The summed E-state index contributed by atoms with van der Waals surface area (Å²) in [5, 5.41) is 10.3. The third kappa shape index (κ3) is 3.09. The summed E-state index contributed by atoms with van der Waals surface area (Å²) in [4.78, 5) is 4.49. The lowest BCUT2D eigenvalue weighted by Gasteiger charge is -2.17. The third-order valence-corrected chi connectivity index (χ3v) is 4.60. The van der Waals surface area contributed by atoms with E-state index in [0.717, 1.165) is 33.5 Å². The summed E-state index contributed by atoms with van der Waals surface area (Å²) in [6, 6.07) is 15.9. The van der Waals surface area contributed by atoms with Crippen LogP contribution in [0, 0.1) is 32.1 Å². The highest BCUT2D eigenvalue weighted by atomic mass is 35.5. The zero-order valence-corrected chi connectivity index (χ0v) is 15.1. The molecule has 3 aromatic rings. The van der Waals surface area contributed by atoms with Gasteiger partial charge in [0, 0.05) is 16.1 Å². The number of anilines is 1. The van der Waals surface area contributed by atoms with Crippen LogP contribution in [-0.4, -0.2) is 4.98 Å². The van der Waals surface area contributed by atoms with Gasteiger partial charge in [-0.05, 0) is 49.6 Å². The molecule has 2 aromatic carbocycles. The second-order valence-corrected chi connectivity index (χ2v) is 6.59. The average Bonchev–Trinajstić information content (AvgIpc) is 2.58. The van der Waals surface area contributed by atoms with Crippen molar-refractivity contribution in [2.45, 2.75) is 20.8 Å². The minimum atomic E-state index is 0.244. The highest BCUT2D eigenvalue weighted by Crippen LogP contribution is 2.37. The Kier molecular flexibility index (Phi) is 4.48. The lowest BCUT2D eigenvalue weighted by molar-refractivity contribution is 1.25. The van der Waals surface area contributed by atoms with Crippen molar-refractivity contribution in [2.75, 3.05) is 5.73 Å². The number of halogens is 1. The van der Waals surface area contributed by atoms with E-state index in [9.17, 15) is 5.26 Å². The van der Waals surface area contributed by atoms with E-state index in [4.69, 9.17) is 17.3 Å². The number of nitrogens with two attached hydrogens (primary N) is 1. The van der Waals surface area contributed by atoms with Gasteiger partial charge in [-0.3, -0.25) is 0 Å². The zero-order chi connectivity index (χ0) is 18.1. The maximum absolute atomic E-state index is 9.64. The van der Waals surface area contributed by atoms with Gasteiger partial charge < -0.3 is 5.73 Å². The SMILES string of the molecule is Cc1ccc(-c2c(C)c(-c3ccc(Cl)cc3)nc(N)c2C#N)c(C)c1. The lowest BCUT2D eigenvalue weighted by Crippen LogP contribution is -2.04.